The van der Waals surface area contributed by atoms with Gasteiger partial charge in [0.15, 0.2) is 0 Å². The van der Waals surface area contributed by atoms with Crippen molar-refractivity contribution in [3.05, 3.63) is 299 Å². The van der Waals surface area contributed by atoms with Gasteiger partial charge in [0.1, 0.15) is 0 Å². The van der Waals surface area contributed by atoms with E-state index in [9.17, 15) is 0 Å². The van der Waals surface area contributed by atoms with Crippen LogP contribution in [-0.4, -0.2) is 11.3 Å². The van der Waals surface area contributed by atoms with E-state index in [-0.39, 0.29) is 55.4 Å². The van der Waals surface area contributed by atoms with Crippen LogP contribution in [0.25, 0.3) is 115 Å². The van der Waals surface area contributed by atoms with Crippen LogP contribution in [0, 0.1) is 0 Å². The molecule has 0 unspecified atom stereocenters. The Morgan fingerprint density at radius 3 is 0.875 bits per heavy atom. The highest BCUT2D eigenvalue weighted by molar-refractivity contribution is 7.00. The van der Waals surface area contributed by atoms with E-state index >= 15 is 0 Å². The van der Waals surface area contributed by atoms with Gasteiger partial charge in [-0.05, 0) is 248 Å². The van der Waals surface area contributed by atoms with E-state index < -0.39 is 0 Å². The third-order valence-corrected chi connectivity index (χ3v) is 26.8. The fourth-order valence-corrected chi connectivity index (χ4v) is 19.5. The van der Waals surface area contributed by atoms with Gasteiger partial charge in [0.05, 0.1) is 22.4 Å². The molecule has 0 fully saturated rings. The number of benzene rings is 15. The zero-order valence-corrected chi connectivity index (χ0v) is 76.6. The van der Waals surface area contributed by atoms with E-state index in [1.165, 1.54) is 199 Å². The van der Waals surface area contributed by atoms with Gasteiger partial charge in [-0.3, -0.25) is 0 Å². The number of fused-ring (bicyclic) bond motifs is 5. The van der Waals surface area contributed by atoms with E-state index in [0.29, 0.717) is 0 Å². The maximum Gasteiger partial charge on any atom is 0.252 e. The summed E-state index contributed by atoms with van der Waals surface area (Å²) in [5.74, 6) is 0. The summed E-state index contributed by atoms with van der Waals surface area (Å²) in [6, 6.07) is 100. The Balaban J connectivity index is 1.06. The SMILES string of the molecule is CC(C)(C)c1cccc(-c2cc(C(C)(C)C)cc(-c3cccc(C(C)(C)C)c3)c2N2c3cc(-c4cc(C(C)(C)C)cc(C(C)(C)C)c4)ccc3B3c4ccc(-n5c6ccc7cccc8c9cccc%10ccc5c(c%109)c6c78)cc4N(c4c(-c5cccc(C(C)(C)C)c5)cc(C(C)(C)C)cc4-c4cccc(C(C)(C)C)c4)c4cc(C(C)(C)C)cc2c43)c1. The lowest BCUT2D eigenvalue weighted by Crippen LogP contribution is -2.61. The third kappa shape index (κ3) is 13.5. The molecule has 120 heavy (non-hydrogen) atoms. The van der Waals surface area contributed by atoms with Gasteiger partial charge >= 0.3 is 0 Å². The van der Waals surface area contributed by atoms with Gasteiger partial charge in [-0.25, -0.2) is 0 Å². The van der Waals surface area contributed by atoms with Crippen LogP contribution >= 0.6 is 0 Å². The van der Waals surface area contributed by atoms with Crippen molar-refractivity contribution >= 4 is 111 Å². The zero-order valence-electron chi connectivity index (χ0n) is 76.6. The van der Waals surface area contributed by atoms with Gasteiger partial charge in [-0.15, -0.1) is 0 Å². The molecular formula is C116H122BN3. The number of hydrogen-bond donors (Lipinski definition) is 0. The Morgan fingerprint density at radius 1 is 0.217 bits per heavy atom. The first-order valence-corrected chi connectivity index (χ1v) is 44.1. The van der Waals surface area contributed by atoms with Crippen LogP contribution in [0.4, 0.5) is 34.1 Å². The van der Waals surface area contributed by atoms with Crippen molar-refractivity contribution in [3.63, 3.8) is 0 Å². The normalized spacial score (nSPS) is 13.9. The van der Waals surface area contributed by atoms with Crippen molar-refractivity contribution in [3.8, 4) is 61.3 Å². The molecular weight excluding hydrogens is 1450 g/mol. The number of aromatic nitrogens is 1. The van der Waals surface area contributed by atoms with Crippen LogP contribution in [0.1, 0.15) is 237 Å². The maximum atomic E-state index is 2.83. The van der Waals surface area contributed by atoms with Gasteiger partial charge in [-0.2, -0.15) is 0 Å². The summed E-state index contributed by atoms with van der Waals surface area (Å²) in [7, 11) is 0. The first-order valence-electron chi connectivity index (χ1n) is 44.1. The van der Waals surface area contributed by atoms with Crippen LogP contribution in [0.5, 0.6) is 0 Å². The molecule has 0 radical (unpaired) electrons. The van der Waals surface area contributed by atoms with E-state index in [1.807, 2.05) is 0 Å². The minimum Gasteiger partial charge on any atom is -0.310 e. The molecule has 3 nitrogen and oxygen atoms in total. The highest BCUT2D eigenvalue weighted by Crippen LogP contribution is 2.58. The van der Waals surface area contributed by atoms with Crippen molar-refractivity contribution in [2.24, 2.45) is 0 Å². The molecule has 3 heterocycles. The van der Waals surface area contributed by atoms with Crippen molar-refractivity contribution in [1.82, 2.24) is 4.57 Å². The van der Waals surface area contributed by atoms with Crippen LogP contribution in [0.3, 0.4) is 0 Å². The number of rotatable bonds is 8. The Labute approximate surface area is 716 Å². The predicted octanol–water partition coefficient (Wildman–Crippen LogP) is 31.2. The molecule has 15 aromatic carbocycles. The minimum absolute atomic E-state index is 0.117. The lowest BCUT2D eigenvalue weighted by atomic mass is 9.33. The Kier molecular flexibility index (Phi) is 18.2. The van der Waals surface area contributed by atoms with E-state index in [2.05, 4.69) is 450 Å². The lowest BCUT2D eigenvalue weighted by Gasteiger charge is -2.47. The Hall–Kier alpha value is -10.9. The van der Waals surface area contributed by atoms with Crippen molar-refractivity contribution in [2.75, 3.05) is 9.80 Å². The molecule has 0 amide bonds. The highest BCUT2D eigenvalue weighted by atomic mass is 15.2. The van der Waals surface area contributed by atoms with E-state index in [0.717, 1.165) is 17.1 Å². The molecule has 16 aromatic rings. The molecule has 2 aliphatic rings. The molecule has 1 aromatic heterocycles. The molecule has 4 heteroatoms. The molecule has 18 rings (SSSR count). The second-order valence-corrected chi connectivity index (χ2v) is 44.8. The molecule has 0 spiro atoms. The Morgan fingerprint density at radius 2 is 0.525 bits per heavy atom. The smallest absolute Gasteiger partial charge is 0.252 e. The first-order chi connectivity index (χ1) is 56.2. The minimum atomic E-state index is -0.370. The molecule has 0 saturated carbocycles. The second kappa shape index (κ2) is 27.3. The van der Waals surface area contributed by atoms with Crippen LogP contribution < -0.4 is 26.2 Å². The van der Waals surface area contributed by atoms with E-state index in [1.54, 1.807) is 0 Å². The quantitative estimate of drug-likeness (QED) is 0.0853. The lowest BCUT2D eigenvalue weighted by molar-refractivity contribution is 0.569. The molecule has 0 atom stereocenters. The summed E-state index contributed by atoms with van der Waals surface area (Å²) in [6.07, 6.45) is 0. The van der Waals surface area contributed by atoms with Crippen LogP contribution in [-0.2, 0) is 48.7 Å². The van der Waals surface area contributed by atoms with Gasteiger partial charge in [-0.1, -0.05) is 369 Å². The molecule has 0 saturated heterocycles. The highest BCUT2D eigenvalue weighted by Gasteiger charge is 2.47. The summed E-state index contributed by atoms with van der Waals surface area (Å²) < 4.78 is 2.63. The summed E-state index contributed by atoms with van der Waals surface area (Å²) in [4.78, 5) is 5.65. The fraction of sp³-hybridized carbons (Fsp3) is 0.310. The molecule has 604 valence electrons. The van der Waals surface area contributed by atoms with Gasteiger partial charge in [0.25, 0.3) is 6.71 Å². The predicted molar refractivity (Wildman–Crippen MR) is 525 cm³/mol. The van der Waals surface area contributed by atoms with Crippen molar-refractivity contribution < 1.29 is 0 Å². The third-order valence-electron chi connectivity index (χ3n) is 26.8. The maximum absolute atomic E-state index is 2.83. The number of nitrogens with zero attached hydrogens (tertiary/aromatic N) is 3. The second-order valence-electron chi connectivity index (χ2n) is 44.8. The van der Waals surface area contributed by atoms with Crippen molar-refractivity contribution in [1.29, 1.82) is 0 Å². The fourth-order valence-electron chi connectivity index (χ4n) is 19.5. The molecule has 2 aliphatic heterocycles. The topological polar surface area (TPSA) is 11.4 Å². The molecule has 0 N–H and O–H groups in total. The van der Waals surface area contributed by atoms with Gasteiger partial charge in [0, 0.05) is 61.5 Å². The van der Waals surface area contributed by atoms with Crippen LogP contribution in [0.2, 0.25) is 0 Å². The summed E-state index contributed by atoms with van der Waals surface area (Å²) in [6.45, 7) is 64.2. The average molecular weight is 1570 g/mol. The van der Waals surface area contributed by atoms with Crippen molar-refractivity contribution in [2.45, 2.75) is 236 Å². The molecule has 0 bridgehead atoms. The Bertz CT molecular complexity index is 6550. The van der Waals surface area contributed by atoms with Gasteiger partial charge in [0.2, 0.25) is 0 Å². The monoisotopic (exact) mass is 1570 g/mol. The standard InChI is InChI=1S/C116H122BN3/c1-108(2,3)77-40-28-36-72(54-77)89-62-83(114(19,20)21)63-90(73-37-29-41-78(55-73)109(4,5)6)106(89)119-97-60-71(76-58-81(112(13,14)15)61-82(59-76)113(16,17)18)46-50-93(97)117-94-51-49-86(118-95-52-47-69-34-32-44-87-88-45-33-35-70-48-53-96(118)104(102(70)88)103(95)101(69)87)68-98(94)120(100-67-85(116(25,26)27)66-99(119)105(100)117)107-91(74-38-30-42-79(56-74)110(7,8)9)64-84(115(22,23)24)65-92(107)75-39-31-43-80(57-75)111(10,11)12/h28-68H,1-27H3. The van der Waals surface area contributed by atoms with Crippen LogP contribution in [0.15, 0.2) is 249 Å². The number of hydrogen-bond acceptors (Lipinski definition) is 2. The summed E-state index contributed by atoms with van der Waals surface area (Å²) >= 11 is 0. The summed E-state index contributed by atoms with van der Waals surface area (Å²) in [5, 5.41) is 10.4. The molecule has 0 aliphatic carbocycles. The van der Waals surface area contributed by atoms with Gasteiger partial charge < -0.3 is 14.4 Å². The summed E-state index contributed by atoms with van der Waals surface area (Å²) in [5.41, 5.74) is 36.4. The van der Waals surface area contributed by atoms with E-state index in [4.69, 9.17) is 0 Å². The largest absolute Gasteiger partial charge is 0.310 e. The average Bonchev–Trinajstić information content (AvgIpc) is 1.14. The zero-order chi connectivity index (χ0) is 85.3. The first kappa shape index (κ1) is 80.1. The number of anilines is 6.